The Bertz CT molecular complexity index is 542. The van der Waals surface area contributed by atoms with Crippen molar-refractivity contribution in [2.75, 3.05) is 12.3 Å². The molecule has 0 spiro atoms. The first-order valence-electron chi connectivity index (χ1n) is 7.81. The molecule has 1 aliphatic heterocycles. The van der Waals surface area contributed by atoms with Gasteiger partial charge in [-0.3, -0.25) is 4.79 Å². The number of halogens is 1. The van der Waals surface area contributed by atoms with Crippen molar-refractivity contribution in [1.82, 2.24) is 4.90 Å². The summed E-state index contributed by atoms with van der Waals surface area (Å²) >= 11 is 0. The molecule has 0 radical (unpaired) electrons. The molecular weight excluding hydrogens is 267 g/mol. The average Bonchev–Trinajstić information content (AvgIpc) is 3.16. The topological polar surface area (TPSA) is 46.3 Å². The van der Waals surface area contributed by atoms with E-state index in [1.807, 2.05) is 25.1 Å². The number of nitrogens with zero attached hydrogens (tertiary/aromatic N) is 1. The quantitative estimate of drug-likeness (QED) is 0.867. The van der Waals surface area contributed by atoms with Crippen molar-refractivity contribution < 1.29 is 9.18 Å². The van der Waals surface area contributed by atoms with Gasteiger partial charge in [0.05, 0.1) is 13.0 Å². The molecule has 0 aromatic heterocycles. The number of amides is 1. The third-order valence-corrected chi connectivity index (χ3v) is 4.68. The lowest BCUT2D eigenvalue weighted by Crippen LogP contribution is -2.37. The number of alkyl halides is 1. The number of nitrogen functional groups attached to an aromatic ring is 1. The van der Waals surface area contributed by atoms with Crippen LogP contribution in [-0.2, 0) is 11.2 Å². The van der Waals surface area contributed by atoms with Crippen LogP contribution in [0, 0.1) is 12.8 Å². The molecule has 2 fully saturated rings. The lowest BCUT2D eigenvalue weighted by atomic mass is 10.0. The van der Waals surface area contributed by atoms with Gasteiger partial charge in [-0.15, -0.1) is 0 Å². The summed E-state index contributed by atoms with van der Waals surface area (Å²) in [5, 5.41) is 0. The molecule has 3 rings (SSSR count). The van der Waals surface area contributed by atoms with Crippen molar-refractivity contribution in [2.24, 2.45) is 5.92 Å². The molecule has 114 valence electrons. The van der Waals surface area contributed by atoms with Crippen LogP contribution in [-0.4, -0.2) is 29.6 Å². The summed E-state index contributed by atoms with van der Waals surface area (Å²) in [6, 6.07) is 5.78. The Morgan fingerprint density at radius 2 is 2.19 bits per heavy atom. The minimum Gasteiger partial charge on any atom is -0.399 e. The van der Waals surface area contributed by atoms with Gasteiger partial charge in [-0.25, -0.2) is 4.39 Å². The summed E-state index contributed by atoms with van der Waals surface area (Å²) in [6.45, 7) is 2.21. The molecule has 21 heavy (non-hydrogen) atoms. The Labute approximate surface area is 125 Å². The predicted octanol–water partition coefficient (Wildman–Crippen LogP) is 2.86. The molecule has 1 aromatic rings. The number of carbonyl (C=O) groups is 1. The lowest BCUT2D eigenvalue weighted by Gasteiger charge is -2.24. The molecule has 1 heterocycles. The zero-order valence-electron chi connectivity index (χ0n) is 12.5. The molecule has 3 nitrogen and oxygen atoms in total. The Hall–Kier alpha value is -1.58. The van der Waals surface area contributed by atoms with E-state index in [4.69, 9.17) is 5.73 Å². The summed E-state index contributed by atoms with van der Waals surface area (Å²) in [7, 11) is 0. The number of carbonyl (C=O) groups excluding carboxylic acids is 1. The summed E-state index contributed by atoms with van der Waals surface area (Å²) < 4.78 is 13.7. The second-order valence-electron chi connectivity index (χ2n) is 6.58. The largest absolute Gasteiger partial charge is 0.399 e. The van der Waals surface area contributed by atoms with Crippen molar-refractivity contribution in [3.05, 3.63) is 29.3 Å². The molecule has 1 saturated heterocycles. The number of hydrogen-bond donors (Lipinski definition) is 1. The highest BCUT2D eigenvalue weighted by atomic mass is 19.1. The van der Waals surface area contributed by atoms with E-state index >= 15 is 0 Å². The third-order valence-electron chi connectivity index (χ3n) is 4.68. The number of nitrogens with two attached hydrogens (primary N) is 1. The van der Waals surface area contributed by atoms with Gasteiger partial charge in [-0.2, -0.15) is 0 Å². The molecule has 2 aliphatic rings. The molecular formula is C17H23FN2O. The van der Waals surface area contributed by atoms with Gasteiger partial charge in [0, 0.05) is 18.2 Å². The van der Waals surface area contributed by atoms with Crippen LogP contribution in [0.4, 0.5) is 10.1 Å². The standard InChI is InChI=1S/C17H23FN2O/c1-11-6-13(4-5-16(11)19)8-17(21)20-10-14(18)9-15(20)7-12-2-3-12/h4-6,12,14-15H,2-3,7-10,19H2,1H3/t14?,15-/m1/s1. The number of benzene rings is 1. The zero-order chi connectivity index (χ0) is 15.0. The number of anilines is 1. The van der Waals surface area contributed by atoms with Crippen molar-refractivity contribution in [3.63, 3.8) is 0 Å². The molecule has 2 N–H and O–H groups in total. The van der Waals surface area contributed by atoms with Crippen LogP contribution in [0.25, 0.3) is 0 Å². The molecule has 2 atom stereocenters. The zero-order valence-corrected chi connectivity index (χ0v) is 12.5. The Morgan fingerprint density at radius 3 is 2.86 bits per heavy atom. The third kappa shape index (κ3) is 3.36. The maximum absolute atomic E-state index is 13.7. The molecule has 1 amide bonds. The number of likely N-dealkylation sites (tertiary alicyclic amines) is 1. The first-order valence-corrected chi connectivity index (χ1v) is 7.81. The molecule has 1 unspecified atom stereocenters. The minimum atomic E-state index is -0.856. The molecule has 0 bridgehead atoms. The maximum atomic E-state index is 13.7. The van der Waals surface area contributed by atoms with E-state index in [0.717, 1.165) is 29.2 Å². The lowest BCUT2D eigenvalue weighted by molar-refractivity contribution is -0.131. The SMILES string of the molecule is Cc1cc(CC(=O)N2CC(F)C[C@H]2CC2CC2)ccc1N. The maximum Gasteiger partial charge on any atom is 0.227 e. The van der Waals surface area contributed by atoms with Crippen LogP contribution in [0.2, 0.25) is 0 Å². The van der Waals surface area contributed by atoms with Crippen LogP contribution >= 0.6 is 0 Å². The first kappa shape index (κ1) is 14.4. The highest BCUT2D eigenvalue weighted by Gasteiger charge is 2.38. The Balaban J connectivity index is 1.66. The summed E-state index contributed by atoms with van der Waals surface area (Å²) in [4.78, 5) is 14.3. The number of aryl methyl sites for hydroxylation is 1. The fourth-order valence-electron chi connectivity index (χ4n) is 3.25. The van der Waals surface area contributed by atoms with Crippen LogP contribution in [0.15, 0.2) is 18.2 Å². The Morgan fingerprint density at radius 1 is 1.43 bits per heavy atom. The van der Waals surface area contributed by atoms with Gasteiger partial charge >= 0.3 is 0 Å². The van der Waals surface area contributed by atoms with E-state index in [9.17, 15) is 9.18 Å². The van der Waals surface area contributed by atoms with E-state index in [-0.39, 0.29) is 18.5 Å². The van der Waals surface area contributed by atoms with Crippen molar-refractivity contribution >= 4 is 11.6 Å². The van der Waals surface area contributed by atoms with E-state index in [1.165, 1.54) is 12.8 Å². The second-order valence-corrected chi connectivity index (χ2v) is 6.58. The predicted molar refractivity (Wildman–Crippen MR) is 81.7 cm³/mol. The summed E-state index contributed by atoms with van der Waals surface area (Å²) in [5.74, 6) is 0.763. The smallest absolute Gasteiger partial charge is 0.227 e. The fourth-order valence-corrected chi connectivity index (χ4v) is 3.25. The molecule has 1 saturated carbocycles. The van der Waals surface area contributed by atoms with Crippen LogP contribution in [0.3, 0.4) is 0 Å². The van der Waals surface area contributed by atoms with Crippen molar-refractivity contribution in [3.8, 4) is 0 Å². The van der Waals surface area contributed by atoms with Crippen LogP contribution < -0.4 is 5.73 Å². The first-order chi connectivity index (χ1) is 10.0. The van der Waals surface area contributed by atoms with E-state index in [2.05, 4.69) is 0 Å². The van der Waals surface area contributed by atoms with Crippen LogP contribution in [0.5, 0.6) is 0 Å². The molecule has 1 aliphatic carbocycles. The average molecular weight is 290 g/mol. The van der Waals surface area contributed by atoms with Gasteiger partial charge in [0.2, 0.25) is 5.91 Å². The number of rotatable bonds is 4. The monoisotopic (exact) mass is 290 g/mol. The van der Waals surface area contributed by atoms with Crippen molar-refractivity contribution in [2.45, 2.75) is 51.2 Å². The van der Waals surface area contributed by atoms with E-state index in [1.54, 1.807) is 4.90 Å². The van der Waals surface area contributed by atoms with Gasteiger partial charge in [0.15, 0.2) is 0 Å². The van der Waals surface area contributed by atoms with Gasteiger partial charge in [-0.05, 0) is 36.5 Å². The fraction of sp³-hybridized carbons (Fsp3) is 0.588. The van der Waals surface area contributed by atoms with Crippen molar-refractivity contribution in [1.29, 1.82) is 0 Å². The summed E-state index contributed by atoms with van der Waals surface area (Å²) in [6.07, 6.45) is 3.47. The summed E-state index contributed by atoms with van der Waals surface area (Å²) in [5.41, 5.74) is 8.48. The highest BCUT2D eigenvalue weighted by Crippen LogP contribution is 2.38. The van der Waals surface area contributed by atoms with Gasteiger partial charge in [-0.1, -0.05) is 25.0 Å². The minimum absolute atomic E-state index is 0.0463. The molecule has 1 aromatic carbocycles. The second kappa shape index (κ2) is 5.66. The highest BCUT2D eigenvalue weighted by molar-refractivity contribution is 5.79. The van der Waals surface area contributed by atoms with E-state index < -0.39 is 6.17 Å². The van der Waals surface area contributed by atoms with Gasteiger partial charge in [0.25, 0.3) is 0 Å². The normalized spacial score (nSPS) is 25.3. The van der Waals surface area contributed by atoms with Gasteiger partial charge in [0.1, 0.15) is 6.17 Å². The van der Waals surface area contributed by atoms with E-state index in [0.29, 0.717) is 12.8 Å². The van der Waals surface area contributed by atoms with Gasteiger partial charge < -0.3 is 10.6 Å². The Kier molecular flexibility index (Phi) is 3.87. The molecule has 4 heteroatoms. The number of hydrogen-bond acceptors (Lipinski definition) is 2. The van der Waals surface area contributed by atoms with Crippen LogP contribution in [0.1, 0.15) is 36.8 Å².